The average Bonchev–Trinajstić information content (AvgIpc) is 2.62. The Balaban J connectivity index is 2.09. The van der Waals surface area contributed by atoms with Crippen LogP contribution < -0.4 is 5.32 Å². The lowest BCUT2D eigenvalue weighted by atomic mass is 10.1. The van der Waals surface area contributed by atoms with Gasteiger partial charge in [0.1, 0.15) is 0 Å². The summed E-state index contributed by atoms with van der Waals surface area (Å²) in [5, 5.41) is 7.43. The third-order valence-electron chi connectivity index (χ3n) is 2.80. The second kappa shape index (κ2) is 4.25. The number of hydrogen-bond acceptors (Lipinski definition) is 3. The van der Waals surface area contributed by atoms with Gasteiger partial charge >= 0.3 is 0 Å². The molecule has 1 N–H and O–H groups in total. The number of carbonyl (C=O) groups excluding carboxylic acids is 1. The first kappa shape index (κ1) is 11.1. The van der Waals surface area contributed by atoms with Crippen molar-refractivity contribution in [1.29, 1.82) is 0 Å². The Kier molecular flexibility index (Phi) is 2.96. The molecule has 1 aliphatic rings. The summed E-state index contributed by atoms with van der Waals surface area (Å²) in [6, 6.07) is 0.703. The Hall–Kier alpha value is -1.36. The molecule has 2 atom stereocenters. The third kappa shape index (κ3) is 2.24. The smallest absolute Gasteiger partial charge is 0.257 e. The molecule has 2 unspecified atom stereocenters. The van der Waals surface area contributed by atoms with Gasteiger partial charge in [0.05, 0.1) is 11.8 Å². The molecular weight excluding hydrogens is 204 g/mol. The second-order valence-corrected chi connectivity index (χ2v) is 4.58. The van der Waals surface area contributed by atoms with E-state index in [-0.39, 0.29) is 5.91 Å². The molecule has 0 saturated carbocycles. The molecule has 1 amide bonds. The van der Waals surface area contributed by atoms with Crippen LogP contribution in [0, 0.1) is 0 Å². The van der Waals surface area contributed by atoms with E-state index in [1.807, 2.05) is 11.9 Å². The standard InChI is InChI=1S/C11H18N4O/c1-8-5-15(6-9(2)13-8)11(16)10-4-12-14(3)7-10/h4,7-9,13H,5-6H2,1-3H3. The fourth-order valence-corrected chi connectivity index (χ4v) is 2.21. The number of aromatic nitrogens is 2. The number of carbonyl (C=O) groups is 1. The summed E-state index contributed by atoms with van der Waals surface area (Å²) in [6.07, 6.45) is 3.39. The van der Waals surface area contributed by atoms with Crippen LogP contribution in [0.5, 0.6) is 0 Å². The summed E-state index contributed by atoms with van der Waals surface area (Å²) in [6.45, 7) is 5.72. The van der Waals surface area contributed by atoms with Crippen LogP contribution >= 0.6 is 0 Å². The van der Waals surface area contributed by atoms with Crippen molar-refractivity contribution in [3.63, 3.8) is 0 Å². The van der Waals surface area contributed by atoms with Gasteiger partial charge in [0.2, 0.25) is 0 Å². The molecule has 5 heteroatoms. The predicted molar refractivity (Wildman–Crippen MR) is 61.2 cm³/mol. The van der Waals surface area contributed by atoms with E-state index >= 15 is 0 Å². The first-order valence-electron chi connectivity index (χ1n) is 5.60. The fraction of sp³-hybridized carbons (Fsp3) is 0.636. The highest BCUT2D eigenvalue weighted by atomic mass is 16.2. The third-order valence-corrected chi connectivity index (χ3v) is 2.80. The van der Waals surface area contributed by atoms with Gasteiger partial charge in [-0.3, -0.25) is 9.48 Å². The second-order valence-electron chi connectivity index (χ2n) is 4.58. The van der Waals surface area contributed by atoms with E-state index in [0.29, 0.717) is 17.6 Å². The molecule has 0 spiro atoms. The van der Waals surface area contributed by atoms with Crippen LogP contribution in [0.3, 0.4) is 0 Å². The Morgan fingerprint density at radius 1 is 1.44 bits per heavy atom. The molecule has 0 bridgehead atoms. The topological polar surface area (TPSA) is 50.2 Å². The molecule has 1 aromatic heterocycles. The van der Waals surface area contributed by atoms with Crippen molar-refractivity contribution in [2.45, 2.75) is 25.9 Å². The molecule has 1 aliphatic heterocycles. The van der Waals surface area contributed by atoms with Crippen LogP contribution in [-0.4, -0.2) is 45.8 Å². The van der Waals surface area contributed by atoms with Crippen LogP contribution in [0.2, 0.25) is 0 Å². The Morgan fingerprint density at radius 2 is 2.06 bits per heavy atom. The summed E-state index contributed by atoms with van der Waals surface area (Å²) in [5.41, 5.74) is 0.670. The zero-order valence-corrected chi connectivity index (χ0v) is 9.97. The molecule has 0 aliphatic carbocycles. The molecule has 2 heterocycles. The number of amides is 1. The van der Waals surface area contributed by atoms with Gasteiger partial charge in [-0.1, -0.05) is 0 Å². The van der Waals surface area contributed by atoms with Crippen molar-refractivity contribution < 1.29 is 4.79 Å². The SMILES string of the molecule is CC1CN(C(=O)c2cnn(C)c2)CC(C)N1. The number of piperazine rings is 1. The van der Waals surface area contributed by atoms with Crippen LogP contribution in [0.15, 0.2) is 12.4 Å². The quantitative estimate of drug-likeness (QED) is 0.740. The zero-order valence-electron chi connectivity index (χ0n) is 9.97. The van der Waals surface area contributed by atoms with Gasteiger partial charge < -0.3 is 10.2 Å². The average molecular weight is 222 g/mol. The van der Waals surface area contributed by atoms with Gasteiger partial charge in [-0.2, -0.15) is 5.10 Å². The first-order chi connectivity index (χ1) is 7.56. The summed E-state index contributed by atoms with van der Waals surface area (Å²) in [7, 11) is 1.82. The lowest BCUT2D eigenvalue weighted by Gasteiger charge is -2.35. The van der Waals surface area contributed by atoms with Gasteiger partial charge in [-0.15, -0.1) is 0 Å². The minimum Gasteiger partial charge on any atom is -0.335 e. The van der Waals surface area contributed by atoms with Crippen LogP contribution in [0.25, 0.3) is 0 Å². The maximum atomic E-state index is 12.1. The Bertz CT molecular complexity index is 377. The van der Waals surface area contributed by atoms with Crippen molar-refractivity contribution in [1.82, 2.24) is 20.0 Å². The number of hydrogen-bond donors (Lipinski definition) is 1. The van der Waals surface area contributed by atoms with Crippen LogP contribution in [0.4, 0.5) is 0 Å². The van der Waals surface area contributed by atoms with E-state index in [1.54, 1.807) is 17.1 Å². The number of nitrogens with one attached hydrogen (secondary N) is 1. The minimum atomic E-state index is 0.0771. The summed E-state index contributed by atoms with van der Waals surface area (Å²) < 4.78 is 1.66. The Labute approximate surface area is 95.4 Å². The largest absolute Gasteiger partial charge is 0.335 e. The van der Waals surface area contributed by atoms with Gasteiger partial charge in [0.15, 0.2) is 0 Å². The van der Waals surface area contributed by atoms with E-state index in [4.69, 9.17) is 0 Å². The van der Waals surface area contributed by atoms with Crippen molar-refractivity contribution in [2.75, 3.05) is 13.1 Å². The maximum Gasteiger partial charge on any atom is 0.257 e. The van der Waals surface area contributed by atoms with Gasteiger partial charge in [0, 0.05) is 38.4 Å². The van der Waals surface area contributed by atoms with Gasteiger partial charge in [-0.25, -0.2) is 0 Å². The minimum absolute atomic E-state index is 0.0771. The van der Waals surface area contributed by atoms with E-state index < -0.39 is 0 Å². The summed E-state index contributed by atoms with van der Waals surface area (Å²) in [4.78, 5) is 14.0. The number of rotatable bonds is 1. The molecule has 2 rings (SSSR count). The molecule has 1 fully saturated rings. The van der Waals surface area contributed by atoms with Crippen molar-refractivity contribution in [3.8, 4) is 0 Å². The highest BCUT2D eigenvalue weighted by Crippen LogP contribution is 2.09. The number of nitrogens with zero attached hydrogens (tertiary/aromatic N) is 3. The van der Waals surface area contributed by atoms with E-state index in [0.717, 1.165) is 13.1 Å². The first-order valence-corrected chi connectivity index (χ1v) is 5.60. The highest BCUT2D eigenvalue weighted by molar-refractivity contribution is 5.93. The number of aryl methyl sites for hydroxylation is 1. The molecule has 1 saturated heterocycles. The molecule has 0 radical (unpaired) electrons. The monoisotopic (exact) mass is 222 g/mol. The van der Waals surface area contributed by atoms with E-state index in [1.165, 1.54) is 0 Å². The lowest BCUT2D eigenvalue weighted by Crippen LogP contribution is -2.55. The van der Waals surface area contributed by atoms with Gasteiger partial charge in [0.25, 0.3) is 5.91 Å². The van der Waals surface area contributed by atoms with Crippen LogP contribution in [-0.2, 0) is 7.05 Å². The highest BCUT2D eigenvalue weighted by Gasteiger charge is 2.25. The Morgan fingerprint density at radius 3 is 2.56 bits per heavy atom. The van der Waals surface area contributed by atoms with Crippen molar-refractivity contribution in [2.24, 2.45) is 7.05 Å². The molecular formula is C11H18N4O. The van der Waals surface area contributed by atoms with E-state index in [9.17, 15) is 4.79 Å². The van der Waals surface area contributed by atoms with Crippen LogP contribution in [0.1, 0.15) is 24.2 Å². The molecule has 16 heavy (non-hydrogen) atoms. The molecule has 88 valence electrons. The lowest BCUT2D eigenvalue weighted by molar-refractivity contribution is 0.0673. The fourth-order valence-electron chi connectivity index (χ4n) is 2.21. The predicted octanol–water partition coefficient (Wildman–Crippen LogP) is 0.242. The molecule has 0 aromatic carbocycles. The zero-order chi connectivity index (χ0) is 11.7. The van der Waals surface area contributed by atoms with E-state index in [2.05, 4.69) is 24.3 Å². The normalized spacial score (nSPS) is 25.8. The summed E-state index contributed by atoms with van der Waals surface area (Å²) in [5.74, 6) is 0.0771. The molecule has 1 aromatic rings. The maximum absolute atomic E-state index is 12.1. The molecule has 5 nitrogen and oxygen atoms in total. The van der Waals surface area contributed by atoms with Crippen molar-refractivity contribution in [3.05, 3.63) is 18.0 Å². The summed E-state index contributed by atoms with van der Waals surface area (Å²) >= 11 is 0. The van der Waals surface area contributed by atoms with Gasteiger partial charge in [-0.05, 0) is 13.8 Å². The van der Waals surface area contributed by atoms with Crippen molar-refractivity contribution >= 4 is 5.91 Å².